The Bertz CT molecular complexity index is 848. The zero-order chi connectivity index (χ0) is 19.4. The maximum atomic E-state index is 12.3. The summed E-state index contributed by atoms with van der Waals surface area (Å²) in [6, 6.07) is 8.63. The topological polar surface area (TPSA) is 91.4 Å². The van der Waals surface area contributed by atoms with Gasteiger partial charge in [0.15, 0.2) is 12.4 Å². The van der Waals surface area contributed by atoms with E-state index in [1.165, 1.54) is 55.5 Å². The Labute approximate surface area is 157 Å². The second-order valence-corrected chi connectivity index (χ2v) is 6.91. The zero-order valence-electron chi connectivity index (χ0n) is 15.2. The van der Waals surface area contributed by atoms with Gasteiger partial charge in [-0.1, -0.05) is 43.5 Å². The van der Waals surface area contributed by atoms with Crippen molar-refractivity contribution < 1.29 is 19.2 Å². The molecule has 0 atom stereocenters. The Balaban J connectivity index is 1.58. The summed E-state index contributed by atoms with van der Waals surface area (Å²) >= 11 is 0. The normalized spacial score (nSPS) is 14.7. The molecule has 0 saturated heterocycles. The highest BCUT2D eigenvalue weighted by atomic mass is 16.6. The van der Waals surface area contributed by atoms with Crippen LogP contribution >= 0.6 is 0 Å². The van der Waals surface area contributed by atoms with Crippen LogP contribution in [0, 0.1) is 10.1 Å². The number of benzene rings is 1. The number of hydrogen-bond donors (Lipinski definition) is 0. The Hall–Kier alpha value is -2.96. The Morgan fingerprint density at radius 1 is 1.19 bits per heavy atom. The zero-order valence-corrected chi connectivity index (χ0v) is 15.2. The summed E-state index contributed by atoms with van der Waals surface area (Å²) < 4.78 is 6.34. The molecular weight excluding hydrogens is 348 g/mol. The molecule has 1 aromatic carbocycles. The standard InChI is InChI=1S/C20H22N2O5/c1-21-12-17(22(25)26)11-18(21)20(24)27-13-19(23)16-9-7-15(8-10-16)14-5-3-2-4-6-14/h7-12,14H,2-6,13H2,1H3. The molecule has 7 heteroatoms. The van der Waals surface area contributed by atoms with Crippen molar-refractivity contribution in [2.75, 3.05) is 6.61 Å². The van der Waals surface area contributed by atoms with E-state index in [9.17, 15) is 19.7 Å². The third-order valence-electron chi connectivity index (χ3n) is 5.05. The average molecular weight is 370 g/mol. The first-order valence-corrected chi connectivity index (χ1v) is 9.06. The van der Waals surface area contributed by atoms with Gasteiger partial charge in [-0.3, -0.25) is 14.9 Å². The lowest BCUT2D eigenvalue weighted by molar-refractivity contribution is -0.384. The average Bonchev–Trinajstić information content (AvgIpc) is 3.09. The number of aromatic nitrogens is 1. The first-order valence-electron chi connectivity index (χ1n) is 9.06. The lowest BCUT2D eigenvalue weighted by Gasteiger charge is -2.22. The van der Waals surface area contributed by atoms with Gasteiger partial charge in [0.25, 0.3) is 5.69 Å². The van der Waals surface area contributed by atoms with Gasteiger partial charge in [-0.05, 0) is 24.3 Å². The lowest BCUT2D eigenvalue weighted by Crippen LogP contribution is -2.16. The van der Waals surface area contributed by atoms with Gasteiger partial charge in [-0.25, -0.2) is 4.79 Å². The lowest BCUT2D eigenvalue weighted by atomic mass is 9.84. The summed E-state index contributed by atoms with van der Waals surface area (Å²) in [5.41, 5.74) is 1.57. The number of nitro groups is 1. The second-order valence-electron chi connectivity index (χ2n) is 6.91. The molecule has 0 unspecified atom stereocenters. The number of rotatable bonds is 6. The van der Waals surface area contributed by atoms with Crippen LogP contribution in [0.3, 0.4) is 0 Å². The molecule has 1 aliphatic rings. The molecule has 1 aliphatic carbocycles. The van der Waals surface area contributed by atoms with Crippen molar-refractivity contribution in [3.05, 3.63) is 63.5 Å². The highest BCUT2D eigenvalue weighted by molar-refractivity contribution is 5.99. The van der Waals surface area contributed by atoms with Crippen LogP contribution in [0.15, 0.2) is 36.5 Å². The Morgan fingerprint density at radius 3 is 2.44 bits per heavy atom. The summed E-state index contributed by atoms with van der Waals surface area (Å²) in [5, 5.41) is 10.8. The molecule has 0 spiro atoms. The number of nitrogens with zero attached hydrogens (tertiary/aromatic N) is 2. The summed E-state index contributed by atoms with van der Waals surface area (Å²) in [4.78, 5) is 34.5. The van der Waals surface area contributed by atoms with Crippen molar-refractivity contribution >= 4 is 17.4 Å². The number of hydrogen-bond acceptors (Lipinski definition) is 5. The summed E-state index contributed by atoms with van der Waals surface area (Å²) in [6.07, 6.45) is 7.39. The summed E-state index contributed by atoms with van der Waals surface area (Å²) in [6.45, 7) is -0.402. The van der Waals surface area contributed by atoms with Gasteiger partial charge in [0.05, 0.1) is 11.1 Å². The number of ether oxygens (including phenoxy) is 1. The molecule has 142 valence electrons. The van der Waals surface area contributed by atoms with E-state index in [4.69, 9.17) is 4.74 Å². The van der Waals surface area contributed by atoms with Crippen molar-refractivity contribution in [3.8, 4) is 0 Å². The second kappa shape index (κ2) is 8.16. The van der Waals surface area contributed by atoms with Crippen LogP contribution < -0.4 is 0 Å². The van der Waals surface area contributed by atoms with Crippen molar-refractivity contribution in [1.82, 2.24) is 4.57 Å². The van der Waals surface area contributed by atoms with E-state index in [1.54, 1.807) is 12.1 Å². The van der Waals surface area contributed by atoms with Gasteiger partial charge in [0, 0.05) is 18.7 Å². The van der Waals surface area contributed by atoms with Crippen LogP contribution in [0.2, 0.25) is 0 Å². The smallest absolute Gasteiger partial charge is 0.355 e. The number of carbonyl (C=O) groups excluding carboxylic acids is 2. The molecule has 3 rings (SSSR count). The van der Waals surface area contributed by atoms with Crippen molar-refractivity contribution in [3.63, 3.8) is 0 Å². The van der Waals surface area contributed by atoms with E-state index >= 15 is 0 Å². The monoisotopic (exact) mass is 370 g/mol. The number of Topliss-reactive ketones (excluding diaryl/α,β-unsaturated/α-hetero) is 1. The van der Waals surface area contributed by atoms with E-state index in [0.717, 1.165) is 6.07 Å². The molecule has 1 saturated carbocycles. The molecule has 0 radical (unpaired) electrons. The molecule has 2 aromatic rings. The molecule has 7 nitrogen and oxygen atoms in total. The van der Waals surface area contributed by atoms with E-state index in [0.29, 0.717) is 11.5 Å². The minimum Gasteiger partial charge on any atom is -0.453 e. The van der Waals surface area contributed by atoms with Gasteiger partial charge < -0.3 is 9.30 Å². The van der Waals surface area contributed by atoms with E-state index < -0.39 is 17.5 Å². The van der Waals surface area contributed by atoms with Gasteiger partial charge in [0.1, 0.15) is 5.69 Å². The predicted molar refractivity (Wildman–Crippen MR) is 98.9 cm³/mol. The van der Waals surface area contributed by atoms with Crippen molar-refractivity contribution in [1.29, 1.82) is 0 Å². The van der Waals surface area contributed by atoms with Crippen molar-refractivity contribution in [2.24, 2.45) is 7.05 Å². The maximum Gasteiger partial charge on any atom is 0.355 e. The maximum absolute atomic E-state index is 12.3. The number of esters is 1. The van der Waals surface area contributed by atoms with Crippen LogP contribution in [-0.2, 0) is 11.8 Å². The van der Waals surface area contributed by atoms with E-state index in [2.05, 4.69) is 0 Å². The SMILES string of the molecule is Cn1cc([N+](=O)[O-])cc1C(=O)OCC(=O)c1ccc(C2CCCCC2)cc1. The molecule has 0 bridgehead atoms. The molecule has 1 fully saturated rings. The summed E-state index contributed by atoms with van der Waals surface area (Å²) in [5.74, 6) is -0.506. The van der Waals surface area contributed by atoms with Crippen LogP contribution in [0.1, 0.15) is 64.4 Å². The van der Waals surface area contributed by atoms with Gasteiger partial charge in [-0.15, -0.1) is 0 Å². The molecule has 27 heavy (non-hydrogen) atoms. The van der Waals surface area contributed by atoms with Crippen LogP contribution in [0.25, 0.3) is 0 Å². The third-order valence-corrected chi connectivity index (χ3v) is 5.05. The fourth-order valence-electron chi connectivity index (χ4n) is 3.52. The molecule has 0 amide bonds. The molecular formula is C20H22N2O5. The molecule has 1 aromatic heterocycles. The minimum atomic E-state index is -0.766. The largest absolute Gasteiger partial charge is 0.453 e. The molecule has 0 aliphatic heterocycles. The quantitative estimate of drug-likeness (QED) is 0.331. The van der Waals surface area contributed by atoms with E-state index in [-0.39, 0.29) is 17.2 Å². The predicted octanol–water partition coefficient (Wildman–Crippen LogP) is 4.02. The molecule has 0 N–H and O–H groups in total. The highest BCUT2D eigenvalue weighted by Gasteiger charge is 2.20. The summed E-state index contributed by atoms with van der Waals surface area (Å²) in [7, 11) is 1.51. The van der Waals surface area contributed by atoms with Gasteiger partial charge >= 0.3 is 5.97 Å². The third kappa shape index (κ3) is 4.42. The number of carbonyl (C=O) groups is 2. The highest BCUT2D eigenvalue weighted by Crippen LogP contribution is 2.32. The van der Waals surface area contributed by atoms with Crippen LogP contribution in [0.4, 0.5) is 5.69 Å². The number of ketones is 1. The van der Waals surface area contributed by atoms with Gasteiger partial charge in [0.2, 0.25) is 0 Å². The van der Waals surface area contributed by atoms with Gasteiger partial charge in [-0.2, -0.15) is 0 Å². The minimum absolute atomic E-state index is 0.0298. The Morgan fingerprint density at radius 2 is 1.85 bits per heavy atom. The van der Waals surface area contributed by atoms with Crippen LogP contribution in [-0.4, -0.2) is 27.8 Å². The fraction of sp³-hybridized carbons (Fsp3) is 0.400. The van der Waals surface area contributed by atoms with E-state index in [1.807, 2.05) is 12.1 Å². The van der Waals surface area contributed by atoms with Crippen molar-refractivity contribution in [2.45, 2.75) is 38.0 Å². The van der Waals surface area contributed by atoms with Crippen LogP contribution in [0.5, 0.6) is 0 Å². The first kappa shape index (κ1) is 18.8. The first-order chi connectivity index (χ1) is 13.0. The molecule has 1 heterocycles. The Kier molecular flexibility index (Phi) is 5.69. The fourth-order valence-corrected chi connectivity index (χ4v) is 3.52. The number of aryl methyl sites for hydroxylation is 1.